The molecule has 4 heteroatoms. The largest absolute Gasteiger partial charge is 0.376 e. The van der Waals surface area contributed by atoms with Gasteiger partial charge in [-0.15, -0.1) is 11.3 Å². The molecule has 1 unspecified atom stereocenters. The maximum Gasteiger partial charge on any atom is 0.0795 e. The molecule has 0 aliphatic rings. The number of hydrogen-bond donors (Lipinski definition) is 1. The Morgan fingerprint density at radius 2 is 2.25 bits per heavy atom. The zero-order chi connectivity index (χ0) is 11.5. The molecule has 0 saturated carbocycles. The van der Waals surface area contributed by atoms with Crippen molar-refractivity contribution in [2.45, 2.75) is 19.9 Å². The van der Waals surface area contributed by atoms with Crippen molar-refractivity contribution in [3.05, 3.63) is 44.8 Å². The topological polar surface area (TPSA) is 24.9 Å². The molecule has 0 aliphatic carbocycles. The fraction of sp³-hybridized carbons (Fsp3) is 0.250. The monoisotopic (exact) mass is 296 g/mol. The molecule has 16 heavy (non-hydrogen) atoms. The van der Waals surface area contributed by atoms with Gasteiger partial charge in [0.15, 0.2) is 0 Å². The number of anilines is 1. The SMILES string of the molecule is Cc1cccc(NC(C)c2cscn2)c1Br. The standard InChI is InChI=1S/C12H13BrN2S/c1-8-4-3-5-10(12(8)13)15-9(2)11-6-16-7-14-11/h3-7,9,15H,1-2H3. The minimum atomic E-state index is 0.226. The first-order chi connectivity index (χ1) is 7.68. The van der Waals surface area contributed by atoms with E-state index in [-0.39, 0.29) is 6.04 Å². The molecule has 2 rings (SSSR count). The summed E-state index contributed by atoms with van der Waals surface area (Å²) >= 11 is 5.21. The summed E-state index contributed by atoms with van der Waals surface area (Å²) in [7, 11) is 0. The van der Waals surface area contributed by atoms with E-state index >= 15 is 0 Å². The zero-order valence-corrected chi connectivity index (χ0v) is 11.6. The quantitative estimate of drug-likeness (QED) is 0.909. The molecule has 0 radical (unpaired) electrons. The average molecular weight is 297 g/mol. The van der Waals surface area contributed by atoms with Gasteiger partial charge in [0, 0.05) is 15.5 Å². The molecular formula is C12H13BrN2S. The van der Waals surface area contributed by atoms with E-state index in [1.54, 1.807) is 11.3 Å². The van der Waals surface area contributed by atoms with Gasteiger partial charge in [0.2, 0.25) is 0 Å². The van der Waals surface area contributed by atoms with Gasteiger partial charge >= 0.3 is 0 Å². The van der Waals surface area contributed by atoms with Gasteiger partial charge in [-0.05, 0) is 41.4 Å². The third kappa shape index (κ3) is 2.44. The van der Waals surface area contributed by atoms with Gasteiger partial charge < -0.3 is 5.32 Å². The molecular weight excluding hydrogens is 284 g/mol. The molecule has 1 N–H and O–H groups in total. The second-order valence-electron chi connectivity index (χ2n) is 3.72. The van der Waals surface area contributed by atoms with E-state index in [2.05, 4.69) is 63.7 Å². The minimum absolute atomic E-state index is 0.226. The van der Waals surface area contributed by atoms with Crippen molar-refractivity contribution in [3.8, 4) is 0 Å². The maximum atomic E-state index is 4.31. The molecule has 84 valence electrons. The zero-order valence-electron chi connectivity index (χ0n) is 9.20. The third-order valence-corrected chi connectivity index (χ3v) is 4.12. The van der Waals surface area contributed by atoms with Crippen LogP contribution in [0.2, 0.25) is 0 Å². The number of aromatic nitrogens is 1. The van der Waals surface area contributed by atoms with Crippen molar-refractivity contribution in [1.29, 1.82) is 0 Å². The molecule has 0 aliphatic heterocycles. The van der Waals surface area contributed by atoms with Crippen LogP contribution >= 0.6 is 27.3 Å². The highest BCUT2D eigenvalue weighted by Gasteiger charge is 2.09. The lowest BCUT2D eigenvalue weighted by Crippen LogP contribution is -2.07. The lowest BCUT2D eigenvalue weighted by Gasteiger charge is -2.15. The lowest BCUT2D eigenvalue weighted by atomic mass is 10.2. The first kappa shape index (κ1) is 11.6. The Morgan fingerprint density at radius 3 is 2.94 bits per heavy atom. The molecule has 1 aromatic carbocycles. The third-order valence-electron chi connectivity index (χ3n) is 2.46. The summed E-state index contributed by atoms with van der Waals surface area (Å²) in [5.74, 6) is 0. The molecule has 0 fully saturated rings. The van der Waals surface area contributed by atoms with Crippen LogP contribution in [0.15, 0.2) is 33.6 Å². The number of aryl methyl sites for hydroxylation is 1. The summed E-state index contributed by atoms with van der Waals surface area (Å²) in [6.45, 7) is 4.20. The van der Waals surface area contributed by atoms with Gasteiger partial charge in [0.05, 0.1) is 17.2 Å². The smallest absolute Gasteiger partial charge is 0.0795 e. The van der Waals surface area contributed by atoms with Gasteiger partial charge in [-0.2, -0.15) is 0 Å². The molecule has 1 aromatic heterocycles. The maximum absolute atomic E-state index is 4.31. The van der Waals surface area contributed by atoms with E-state index in [0.717, 1.165) is 15.9 Å². The van der Waals surface area contributed by atoms with Gasteiger partial charge in [0.25, 0.3) is 0 Å². The number of thiazole rings is 1. The Kier molecular flexibility index (Phi) is 3.61. The predicted molar refractivity (Wildman–Crippen MR) is 73.0 cm³/mol. The van der Waals surface area contributed by atoms with E-state index in [1.807, 2.05) is 5.51 Å². The predicted octanol–water partition coefficient (Wildman–Crippen LogP) is 4.39. The summed E-state index contributed by atoms with van der Waals surface area (Å²) in [4.78, 5) is 4.31. The van der Waals surface area contributed by atoms with Crippen molar-refractivity contribution >= 4 is 33.0 Å². The van der Waals surface area contributed by atoms with Crippen LogP contribution in [0.3, 0.4) is 0 Å². The van der Waals surface area contributed by atoms with Crippen LogP contribution in [0, 0.1) is 6.92 Å². The minimum Gasteiger partial charge on any atom is -0.376 e. The van der Waals surface area contributed by atoms with Crippen molar-refractivity contribution in [2.24, 2.45) is 0 Å². The summed E-state index contributed by atoms with van der Waals surface area (Å²) in [6.07, 6.45) is 0. The van der Waals surface area contributed by atoms with Gasteiger partial charge in [-0.25, -0.2) is 4.98 Å². The fourth-order valence-corrected chi connectivity index (χ4v) is 2.53. The summed E-state index contributed by atoms with van der Waals surface area (Å²) in [6, 6.07) is 6.43. The number of halogens is 1. The molecule has 1 heterocycles. The van der Waals surface area contributed by atoms with Crippen molar-refractivity contribution < 1.29 is 0 Å². The highest BCUT2D eigenvalue weighted by Crippen LogP contribution is 2.28. The molecule has 0 amide bonds. The highest BCUT2D eigenvalue weighted by atomic mass is 79.9. The summed E-state index contributed by atoms with van der Waals surface area (Å²) in [5.41, 5.74) is 5.29. The number of benzene rings is 1. The fourth-order valence-electron chi connectivity index (χ4n) is 1.50. The second-order valence-corrected chi connectivity index (χ2v) is 5.23. The summed E-state index contributed by atoms with van der Waals surface area (Å²) in [5, 5.41) is 5.52. The van der Waals surface area contributed by atoms with Crippen molar-refractivity contribution in [2.75, 3.05) is 5.32 Å². The van der Waals surface area contributed by atoms with Crippen LogP contribution in [0.25, 0.3) is 0 Å². The van der Waals surface area contributed by atoms with Crippen molar-refractivity contribution in [3.63, 3.8) is 0 Å². The van der Waals surface area contributed by atoms with Crippen LogP contribution in [0.4, 0.5) is 5.69 Å². The molecule has 1 atom stereocenters. The number of rotatable bonds is 3. The number of hydrogen-bond acceptors (Lipinski definition) is 3. The van der Waals surface area contributed by atoms with Crippen LogP contribution in [0.5, 0.6) is 0 Å². The van der Waals surface area contributed by atoms with Crippen LogP contribution < -0.4 is 5.32 Å². The first-order valence-electron chi connectivity index (χ1n) is 5.08. The van der Waals surface area contributed by atoms with E-state index < -0.39 is 0 Å². The van der Waals surface area contributed by atoms with Crippen molar-refractivity contribution in [1.82, 2.24) is 4.98 Å². The van der Waals surface area contributed by atoms with E-state index in [9.17, 15) is 0 Å². The summed E-state index contributed by atoms with van der Waals surface area (Å²) < 4.78 is 1.12. The molecule has 0 saturated heterocycles. The molecule has 0 bridgehead atoms. The van der Waals surface area contributed by atoms with Gasteiger partial charge in [0.1, 0.15) is 0 Å². The van der Waals surface area contributed by atoms with E-state index in [4.69, 9.17) is 0 Å². The first-order valence-corrected chi connectivity index (χ1v) is 6.82. The van der Waals surface area contributed by atoms with Crippen LogP contribution in [0.1, 0.15) is 24.2 Å². The molecule has 2 aromatic rings. The highest BCUT2D eigenvalue weighted by molar-refractivity contribution is 9.10. The Balaban J connectivity index is 2.18. The van der Waals surface area contributed by atoms with Crippen LogP contribution in [-0.2, 0) is 0 Å². The average Bonchev–Trinajstić information content (AvgIpc) is 2.78. The van der Waals surface area contributed by atoms with Crippen LogP contribution in [-0.4, -0.2) is 4.98 Å². The van der Waals surface area contributed by atoms with E-state index in [1.165, 1.54) is 5.56 Å². The Labute approximate surface area is 108 Å². The molecule has 2 nitrogen and oxygen atoms in total. The molecule has 0 spiro atoms. The Morgan fingerprint density at radius 1 is 1.44 bits per heavy atom. The number of nitrogens with one attached hydrogen (secondary N) is 1. The second kappa shape index (κ2) is 4.97. The van der Waals surface area contributed by atoms with Gasteiger partial charge in [-0.3, -0.25) is 0 Å². The van der Waals surface area contributed by atoms with Gasteiger partial charge in [-0.1, -0.05) is 12.1 Å². The number of nitrogens with zero attached hydrogens (tertiary/aromatic N) is 1. The Bertz CT molecular complexity index is 468. The van der Waals surface area contributed by atoms with E-state index in [0.29, 0.717) is 0 Å². The normalized spacial score (nSPS) is 12.4. The Hall–Kier alpha value is -0.870. The lowest BCUT2D eigenvalue weighted by molar-refractivity contribution is 0.849.